The molecule has 1 aromatic carbocycles. The van der Waals surface area contributed by atoms with Crippen LogP contribution in [0.25, 0.3) is 0 Å². The molecule has 0 saturated carbocycles. The zero-order chi connectivity index (χ0) is 16.5. The van der Waals surface area contributed by atoms with Crippen molar-refractivity contribution in [2.45, 2.75) is 32.4 Å². The molecular weight excluding hydrogens is 294 g/mol. The van der Waals surface area contributed by atoms with Crippen molar-refractivity contribution in [2.24, 2.45) is 0 Å². The molecule has 0 bridgehead atoms. The predicted molar refractivity (Wildman–Crippen MR) is 87.0 cm³/mol. The summed E-state index contributed by atoms with van der Waals surface area (Å²) in [6, 6.07) is 9.40. The number of aromatic nitrogens is 3. The highest BCUT2D eigenvalue weighted by molar-refractivity contribution is 5.73. The quantitative estimate of drug-likeness (QED) is 0.670. The third kappa shape index (κ3) is 5.71. The molecule has 2 amide bonds. The smallest absolute Gasteiger partial charge is 0.314 e. The standard InChI is InChI=1S/C16H23N5O2/c1-2-15-20-19-12-21(15)9-8-17-16(23)18-11-14(22)10-13-6-4-3-5-7-13/h3-7,12,14,22H,2,8-11H2,1H3,(H2,17,18,23). The number of aryl methyl sites for hydroxylation is 1. The van der Waals surface area contributed by atoms with Gasteiger partial charge in [-0.3, -0.25) is 0 Å². The van der Waals surface area contributed by atoms with E-state index in [1.165, 1.54) is 0 Å². The van der Waals surface area contributed by atoms with Gasteiger partial charge in [0.15, 0.2) is 0 Å². The van der Waals surface area contributed by atoms with E-state index in [2.05, 4.69) is 20.8 Å². The molecule has 2 aromatic rings. The Morgan fingerprint density at radius 2 is 2.09 bits per heavy atom. The van der Waals surface area contributed by atoms with Crippen LogP contribution in [0, 0.1) is 0 Å². The number of hydrogen-bond acceptors (Lipinski definition) is 4. The van der Waals surface area contributed by atoms with Gasteiger partial charge in [0.2, 0.25) is 0 Å². The molecule has 0 spiro atoms. The Hall–Kier alpha value is -2.41. The number of urea groups is 1. The summed E-state index contributed by atoms with van der Waals surface area (Å²) >= 11 is 0. The lowest BCUT2D eigenvalue weighted by Gasteiger charge is -2.13. The first-order chi connectivity index (χ1) is 11.2. The van der Waals surface area contributed by atoms with Crippen molar-refractivity contribution >= 4 is 6.03 Å². The Morgan fingerprint density at radius 3 is 2.83 bits per heavy atom. The first kappa shape index (κ1) is 17.0. The number of benzene rings is 1. The first-order valence-electron chi connectivity index (χ1n) is 7.79. The minimum absolute atomic E-state index is 0.216. The molecule has 2 rings (SSSR count). The van der Waals surface area contributed by atoms with Crippen molar-refractivity contribution in [3.8, 4) is 0 Å². The molecule has 0 aliphatic heterocycles. The van der Waals surface area contributed by atoms with Crippen LogP contribution in [0.15, 0.2) is 36.7 Å². The SMILES string of the molecule is CCc1nncn1CCNC(=O)NCC(O)Cc1ccccc1. The minimum atomic E-state index is -0.604. The minimum Gasteiger partial charge on any atom is -0.391 e. The molecule has 23 heavy (non-hydrogen) atoms. The van der Waals surface area contributed by atoms with Crippen molar-refractivity contribution in [3.63, 3.8) is 0 Å². The van der Waals surface area contributed by atoms with Gasteiger partial charge in [-0.15, -0.1) is 10.2 Å². The van der Waals surface area contributed by atoms with Crippen LogP contribution in [0.1, 0.15) is 18.3 Å². The van der Waals surface area contributed by atoms with Gasteiger partial charge in [-0.1, -0.05) is 37.3 Å². The third-order valence-electron chi connectivity index (χ3n) is 3.46. The highest BCUT2D eigenvalue weighted by Gasteiger charge is 2.08. The second-order valence-electron chi connectivity index (χ2n) is 5.27. The van der Waals surface area contributed by atoms with E-state index < -0.39 is 6.10 Å². The molecule has 7 nitrogen and oxygen atoms in total. The van der Waals surface area contributed by atoms with E-state index in [0.29, 0.717) is 19.5 Å². The molecule has 1 aromatic heterocycles. The topological polar surface area (TPSA) is 92.1 Å². The van der Waals surface area contributed by atoms with Gasteiger partial charge < -0.3 is 20.3 Å². The summed E-state index contributed by atoms with van der Waals surface area (Å²) in [5.74, 6) is 0.894. The average molecular weight is 317 g/mol. The Labute approximate surface area is 135 Å². The fourth-order valence-corrected chi connectivity index (χ4v) is 2.26. The Kier molecular flexibility index (Phi) is 6.56. The van der Waals surface area contributed by atoms with Crippen molar-refractivity contribution in [1.82, 2.24) is 25.4 Å². The predicted octanol–water partition coefficient (Wildman–Crippen LogP) is 0.743. The number of aliphatic hydroxyl groups excluding tert-OH is 1. The van der Waals surface area contributed by atoms with Crippen LogP contribution in [0.2, 0.25) is 0 Å². The van der Waals surface area contributed by atoms with Gasteiger partial charge in [0.05, 0.1) is 6.10 Å². The summed E-state index contributed by atoms with van der Waals surface area (Å²) < 4.78 is 1.91. The van der Waals surface area contributed by atoms with E-state index in [-0.39, 0.29) is 12.6 Å². The van der Waals surface area contributed by atoms with Crippen LogP contribution in [0.4, 0.5) is 4.79 Å². The van der Waals surface area contributed by atoms with Gasteiger partial charge >= 0.3 is 6.03 Å². The van der Waals surface area contributed by atoms with Crippen LogP contribution in [0.3, 0.4) is 0 Å². The lowest BCUT2D eigenvalue weighted by Crippen LogP contribution is -2.41. The first-order valence-corrected chi connectivity index (χ1v) is 7.79. The number of carbonyl (C=O) groups is 1. The molecule has 1 unspecified atom stereocenters. The molecule has 1 heterocycles. The number of nitrogens with zero attached hydrogens (tertiary/aromatic N) is 3. The lowest BCUT2D eigenvalue weighted by atomic mass is 10.1. The molecule has 3 N–H and O–H groups in total. The maximum atomic E-state index is 11.7. The van der Waals surface area contributed by atoms with Crippen LogP contribution in [0.5, 0.6) is 0 Å². The molecule has 0 saturated heterocycles. The fraction of sp³-hybridized carbons (Fsp3) is 0.438. The van der Waals surface area contributed by atoms with Gasteiger partial charge in [0.1, 0.15) is 12.2 Å². The molecule has 1 atom stereocenters. The number of aliphatic hydroxyl groups is 1. The van der Waals surface area contributed by atoms with Crippen LogP contribution in [-0.2, 0) is 19.4 Å². The second-order valence-corrected chi connectivity index (χ2v) is 5.27. The van der Waals surface area contributed by atoms with Crippen LogP contribution in [-0.4, -0.2) is 45.1 Å². The summed E-state index contributed by atoms with van der Waals surface area (Å²) in [4.78, 5) is 11.7. The second kappa shape index (κ2) is 8.89. The fourth-order valence-electron chi connectivity index (χ4n) is 2.26. The average Bonchev–Trinajstić information content (AvgIpc) is 3.01. The van der Waals surface area contributed by atoms with E-state index in [9.17, 15) is 9.90 Å². The molecular formula is C16H23N5O2. The van der Waals surface area contributed by atoms with Gasteiger partial charge in [-0.2, -0.15) is 0 Å². The summed E-state index contributed by atoms with van der Waals surface area (Å²) in [6.07, 6.45) is 2.37. The number of hydrogen-bond donors (Lipinski definition) is 3. The van der Waals surface area contributed by atoms with Crippen molar-refractivity contribution in [1.29, 1.82) is 0 Å². The highest BCUT2D eigenvalue weighted by atomic mass is 16.3. The molecule has 124 valence electrons. The lowest BCUT2D eigenvalue weighted by molar-refractivity contribution is 0.170. The van der Waals surface area contributed by atoms with Gasteiger partial charge in [0, 0.05) is 32.5 Å². The zero-order valence-electron chi connectivity index (χ0n) is 13.3. The van der Waals surface area contributed by atoms with Gasteiger partial charge in [0.25, 0.3) is 0 Å². The van der Waals surface area contributed by atoms with Gasteiger partial charge in [-0.25, -0.2) is 4.79 Å². The van der Waals surface area contributed by atoms with Crippen molar-refractivity contribution in [2.75, 3.05) is 13.1 Å². The molecule has 0 fully saturated rings. The van der Waals surface area contributed by atoms with E-state index in [1.807, 2.05) is 41.8 Å². The van der Waals surface area contributed by atoms with E-state index in [0.717, 1.165) is 17.8 Å². The Balaban J connectivity index is 1.63. The number of nitrogens with one attached hydrogen (secondary N) is 2. The number of amides is 2. The Morgan fingerprint density at radius 1 is 1.30 bits per heavy atom. The summed E-state index contributed by atoms with van der Waals surface area (Å²) in [5, 5.41) is 23.2. The maximum absolute atomic E-state index is 11.7. The van der Waals surface area contributed by atoms with Crippen LogP contribution < -0.4 is 10.6 Å². The monoisotopic (exact) mass is 317 g/mol. The molecule has 0 radical (unpaired) electrons. The Bertz CT molecular complexity index is 600. The van der Waals surface area contributed by atoms with E-state index >= 15 is 0 Å². The molecule has 7 heteroatoms. The normalized spacial score (nSPS) is 11.9. The molecule has 0 aliphatic rings. The third-order valence-corrected chi connectivity index (χ3v) is 3.46. The summed E-state index contributed by atoms with van der Waals surface area (Å²) in [7, 11) is 0. The number of carbonyl (C=O) groups excluding carboxylic acids is 1. The van der Waals surface area contributed by atoms with E-state index in [4.69, 9.17) is 0 Å². The zero-order valence-corrected chi connectivity index (χ0v) is 13.3. The number of rotatable bonds is 8. The molecule has 0 aliphatic carbocycles. The van der Waals surface area contributed by atoms with Crippen LogP contribution >= 0.6 is 0 Å². The van der Waals surface area contributed by atoms with Gasteiger partial charge in [-0.05, 0) is 5.56 Å². The summed E-state index contributed by atoms with van der Waals surface area (Å²) in [6.45, 7) is 3.32. The largest absolute Gasteiger partial charge is 0.391 e. The maximum Gasteiger partial charge on any atom is 0.314 e. The van der Waals surface area contributed by atoms with E-state index in [1.54, 1.807) is 6.33 Å². The highest BCUT2D eigenvalue weighted by Crippen LogP contribution is 2.02. The summed E-state index contributed by atoms with van der Waals surface area (Å²) in [5.41, 5.74) is 1.04. The van der Waals surface area contributed by atoms with Crippen molar-refractivity contribution < 1.29 is 9.90 Å². The van der Waals surface area contributed by atoms with Crippen molar-refractivity contribution in [3.05, 3.63) is 48.0 Å².